The number of carbonyl (C=O) groups excluding carboxylic acids is 2. The Kier molecular flexibility index (Phi) is 4.69. The SMILES string of the molecule is NC(=O)CC(N)C(=O)Nc1ccccc1I. The van der Waals surface area contributed by atoms with Crippen LogP contribution in [0.15, 0.2) is 24.3 Å². The van der Waals surface area contributed by atoms with Crippen molar-refractivity contribution in [1.82, 2.24) is 0 Å². The molecule has 0 bridgehead atoms. The molecule has 5 nitrogen and oxygen atoms in total. The second-order valence-corrected chi connectivity index (χ2v) is 4.41. The Bertz CT molecular complexity index is 409. The van der Waals surface area contributed by atoms with Crippen LogP contribution in [0.2, 0.25) is 0 Å². The molecule has 2 amide bonds. The Morgan fingerprint density at radius 2 is 2.00 bits per heavy atom. The van der Waals surface area contributed by atoms with E-state index in [1.54, 1.807) is 12.1 Å². The van der Waals surface area contributed by atoms with Crippen LogP contribution in [-0.2, 0) is 9.59 Å². The molecule has 0 saturated carbocycles. The summed E-state index contributed by atoms with van der Waals surface area (Å²) >= 11 is 2.10. The van der Waals surface area contributed by atoms with Gasteiger partial charge in [-0.3, -0.25) is 9.59 Å². The number of primary amides is 1. The smallest absolute Gasteiger partial charge is 0.241 e. The first kappa shape index (κ1) is 12.9. The standard InChI is InChI=1S/C10H12IN3O2/c11-6-3-1-2-4-8(6)14-10(16)7(12)5-9(13)15/h1-4,7H,5,12H2,(H2,13,15)(H,14,16). The maximum atomic E-state index is 11.6. The van der Waals surface area contributed by atoms with Gasteiger partial charge in [-0.1, -0.05) is 12.1 Å². The summed E-state index contributed by atoms with van der Waals surface area (Å²) in [4.78, 5) is 22.1. The first-order chi connectivity index (χ1) is 7.50. The Morgan fingerprint density at radius 3 is 2.56 bits per heavy atom. The van der Waals surface area contributed by atoms with Gasteiger partial charge in [0.1, 0.15) is 0 Å². The molecule has 0 aliphatic rings. The summed E-state index contributed by atoms with van der Waals surface area (Å²) in [7, 11) is 0. The second kappa shape index (κ2) is 5.80. The molecule has 0 spiro atoms. The Morgan fingerprint density at radius 1 is 1.38 bits per heavy atom. The van der Waals surface area contributed by atoms with Crippen molar-refractivity contribution < 1.29 is 9.59 Å². The van der Waals surface area contributed by atoms with Crippen LogP contribution in [0.1, 0.15) is 6.42 Å². The minimum Gasteiger partial charge on any atom is -0.370 e. The van der Waals surface area contributed by atoms with E-state index in [4.69, 9.17) is 11.5 Å². The van der Waals surface area contributed by atoms with Crippen LogP contribution in [0.4, 0.5) is 5.69 Å². The fourth-order valence-corrected chi connectivity index (χ4v) is 1.62. The predicted molar refractivity (Wildman–Crippen MR) is 69.6 cm³/mol. The average Bonchev–Trinajstić information content (AvgIpc) is 2.20. The number of carbonyl (C=O) groups is 2. The summed E-state index contributed by atoms with van der Waals surface area (Å²) in [6, 6.07) is 6.37. The lowest BCUT2D eigenvalue weighted by Gasteiger charge is -2.11. The van der Waals surface area contributed by atoms with Crippen molar-refractivity contribution in [3.63, 3.8) is 0 Å². The number of amides is 2. The van der Waals surface area contributed by atoms with Crippen molar-refractivity contribution in [2.45, 2.75) is 12.5 Å². The number of halogens is 1. The Balaban J connectivity index is 2.64. The van der Waals surface area contributed by atoms with Crippen molar-refractivity contribution >= 4 is 40.1 Å². The third-order valence-corrected chi connectivity index (χ3v) is 2.83. The van der Waals surface area contributed by atoms with Gasteiger partial charge in [0, 0.05) is 3.57 Å². The van der Waals surface area contributed by atoms with Crippen LogP contribution in [0, 0.1) is 3.57 Å². The van der Waals surface area contributed by atoms with Crippen LogP contribution in [0.25, 0.3) is 0 Å². The number of benzene rings is 1. The van der Waals surface area contributed by atoms with E-state index >= 15 is 0 Å². The number of para-hydroxylation sites is 1. The van der Waals surface area contributed by atoms with E-state index in [1.165, 1.54) is 0 Å². The number of hydrogen-bond acceptors (Lipinski definition) is 3. The predicted octanol–water partition coefficient (Wildman–Crippen LogP) is 0.432. The van der Waals surface area contributed by atoms with E-state index in [9.17, 15) is 9.59 Å². The molecule has 0 fully saturated rings. The molecular weight excluding hydrogens is 321 g/mol. The molecule has 1 aromatic rings. The second-order valence-electron chi connectivity index (χ2n) is 3.25. The van der Waals surface area contributed by atoms with Crippen LogP contribution in [-0.4, -0.2) is 17.9 Å². The molecule has 16 heavy (non-hydrogen) atoms. The van der Waals surface area contributed by atoms with Crippen molar-refractivity contribution in [3.05, 3.63) is 27.8 Å². The molecule has 86 valence electrons. The quantitative estimate of drug-likeness (QED) is 0.697. The maximum Gasteiger partial charge on any atom is 0.241 e. The number of anilines is 1. The zero-order valence-electron chi connectivity index (χ0n) is 8.44. The van der Waals surface area contributed by atoms with Gasteiger partial charge in [-0.05, 0) is 34.7 Å². The van der Waals surface area contributed by atoms with Crippen LogP contribution < -0.4 is 16.8 Å². The van der Waals surface area contributed by atoms with Gasteiger partial charge >= 0.3 is 0 Å². The molecule has 0 heterocycles. The lowest BCUT2D eigenvalue weighted by Crippen LogP contribution is -2.39. The molecule has 1 aromatic carbocycles. The van der Waals surface area contributed by atoms with E-state index in [0.29, 0.717) is 5.69 Å². The van der Waals surface area contributed by atoms with E-state index in [-0.39, 0.29) is 6.42 Å². The van der Waals surface area contributed by atoms with Gasteiger partial charge in [0.15, 0.2) is 0 Å². The van der Waals surface area contributed by atoms with Crippen molar-refractivity contribution in [1.29, 1.82) is 0 Å². The van der Waals surface area contributed by atoms with E-state index in [1.807, 2.05) is 12.1 Å². The zero-order valence-corrected chi connectivity index (χ0v) is 10.6. The van der Waals surface area contributed by atoms with Crippen LogP contribution in [0.5, 0.6) is 0 Å². The first-order valence-electron chi connectivity index (χ1n) is 4.60. The fourth-order valence-electron chi connectivity index (χ4n) is 1.10. The van der Waals surface area contributed by atoms with Gasteiger partial charge in [-0.25, -0.2) is 0 Å². The van der Waals surface area contributed by atoms with Crippen LogP contribution in [0.3, 0.4) is 0 Å². The van der Waals surface area contributed by atoms with Gasteiger partial charge in [0.25, 0.3) is 0 Å². The lowest BCUT2D eigenvalue weighted by atomic mass is 10.2. The monoisotopic (exact) mass is 333 g/mol. The third-order valence-electron chi connectivity index (χ3n) is 1.89. The van der Waals surface area contributed by atoms with E-state index in [0.717, 1.165) is 3.57 Å². The molecule has 0 saturated heterocycles. The molecular formula is C10H12IN3O2. The summed E-state index contributed by atoms with van der Waals surface area (Å²) < 4.78 is 0.903. The topological polar surface area (TPSA) is 98.2 Å². The summed E-state index contributed by atoms with van der Waals surface area (Å²) in [5, 5.41) is 2.64. The van der Waals surface area contributed by atoms with Crippen molar-refractivity contribution in [3.8, 4) is 0 Å². The highest BCUT2D eigenvalue weighted by atomic mass is 127. The van der Waals surface area contributed by atoms with Gasteiger partial charge in [0.05, 0.1) is 18.2 Å². The van der Waals surface area contributed by atoms with E-state index in [2.05, 4.69) is 27.9 Å². The summed E-state index contributed by atoms with van der Waals surface area (Å²) in [5.41, 5.74) is 11.1. The molecule has 1 atom stereocenters. The summed E-state index contributed by atoms with van der Waals surface area (Å²) in [5.74, 6) is -1.01. The lowest BCUT2D eigenvalue weighted by molar-refractivity contribution is -0.123. The Hall–Kier alpha value is -1.15. The molecule has 1 rings (SSSR count). The fraction of sp³-hybridized carbons (Fsp3) is 0.200. The molecule has 0 aliphatic heterocycles. The molecule has 6 heteroatoms. The molecule has 0 radical (unpaired) electrons. The summed E-state index contributed by atoms with van der Waals surface area (Å²) in [6.07, 6.45) is -0.157. The maximum absolute atomic E-state index is 11.6. The van der Waals surface area contributed by atoms with Gasteiger partial charge in [0.2, 0.25) is 11.8 Å². The number of hydrogen-bond donors (Lipinski definition) is 3. The largest absolute Gasteiger partial charge is 0.370 e. The molecule has 5 N–H and O–H groups in total. The number of nitrogens with two attached hydrogens (primary N) is 2. The van der Waals surface area contributed by atoms with Gasteiger partial charge < -0.3 is 16.8 Å². The minimum atomic E-state index is -0.909. The number of nitrogens with one attached hydrogen (secondary N) is 1. The first-order valence-corrected chi connectivity index (χ1v) is 5.68. The van der Waals surface area contributed by atoms with Crippen LogP contribution >= 0.6 is 22.6 Å². The average molecular weight is 333 g/mol. The number of rotatable bonds is 4. The van der Waals surface area contributed by atoms with E-state index < -0.39 is 17.9 Å². The molecule has 0 aromatic heterocycles. The van der Waals surface area contributed by atoms with Crippen molar-refractivity contribution in [2.24, 2.45) is 11.5 Å². The van der Waals surface area contributed by atoms with Crippen molar-refractivity contribution in [2.75, 3.05) is 5.32 Å². The highest BCUT2D eigenvalue weighted by Gasteiger charge is 2.16. The zero-order chi connectivity index (χ0) is 12.1. The van der Waals surface area contributed by atoms with Gasteiger partial charge in [-0.2, -0.15) is 0 Å². The minimum absolute atomic E-state index is 0.157. The highest BCUT2D eigenvalue weighted by Crippen LogP contribution is 2.16. The molecule has 0 aliphatic carbocycles. The molecule has 1 unspecified atom stereocenters. The summed E-state index contributed by atoms with van der Waals surface area (Å²) in [6.45, 7) is 0. The normalized spacial score (nSPS) is 11.9. The highest BCUT2D eigenvalue weighted by molar-refractivity contribution is 14.1. The van der Waals surface area contributed by atoms with Gasteiger partial charge in [-0.15, -0.1) is 0 Å². The Labute approximate surface area is 107 Å². The third kappa shape index (κ3) is 3.78.